The van der Waals surface area contributed by atoms with Crippen molar-refractivity contribution < 1.29 is 14.6 Å². The summed E-state index contributed by atoms with van der Waals surface area (Å²) in [6.45, 7) is 2.19. The highest BCUT2D eigenvalue weighted by molar-refractivity contribution is 7.17. The first kappa shape index (κ1) is 15.3. The van der Waals surface area contributed by atoms with Crippen LogP contribution in [-0.2, 0) is 0 Å². The molecule has 1 aromatic heterocycles. The summed E-state index contributed by atoms with van der Waals surface area (Å²) in [6, 6.07) is 7.36. The Hall–Kier alpha value is -2.12. The van der Waals surface area contributed by atoms with Gasteiger partial charge in [-0.05, 0) is 19.1 Å². The molecule has 0 aliphatic heterocycles. The van der Waals surface area contributed by atoms with E-state index < -0.39 is 0 Å². The Morgan fingerprint density at radius 3 is 2.81 bits per heavy atom. The van der Waals surface area contributed by atoms with Crippen molar-refractivity contribution in [3.05, 3.63) is 36.0 Å². The molecule has 0 radical (unpaired) electrons. The highest BCUT2D eigenvalue weighted by atomic mass is 32.1. The minimum absolute atomic E-state index is 0.0798. The lowest BCUT2D eigenvalue weighted by molar-refractivity contribution is 0.202. The molecule has 7 heteroatoms. The summed E-state index contributed by atoms with van der Waals surface area (Å²) < 4.78 is 5.65. The van der Waals surface area contributed by atoms with Crippen molar-refractivity contribution in [1.82, 2.24) is 9.88 Å². The number of aryl methyl sites for hydroxylation is 1. The number of hydrogen-bond acceptors (Lipinski definition) is 5. The van der Waals surface area contributed by atoms with Gasteiger partial charge in [0.2, 0.25) is 5.06 Å². The molecule has 1 aromatic carbocycles. The molecule has 2 amide bonds. The molecule has 6 nitrogen and oxygen atoms in total. The predicted molar refractivity (Wildman–Crippen MR) is 82.1 cm³/mol. The fourth-order valence-electron chi connectivity index (χ4n) is 1.53. The lowest BCUT2D eigenvalue weighted by atomic mass is 10.2. The quantitative estimate of drug-likeness (QED) is 0.890. The molecule has 1 heterocycles. The van der Waals surface area contributed by atoms with Gasteiger partial charge in [0.05, 0.1) is 12.8 Å². The monoisotopic (exact) mass is 307 g/mol. The first-order valence-electron chi connectivity index (χ1n) is 6.42. The zero-order chi connectivity index (χ0) is 15.2. The van der Waals surface area contributed by atoms with Gasteiger partial charge in [0.25, 0.3) is 0 Å². The number of nitrogens with zero attached hydrogens (tertiary/aromatic N) is 2. The lowest BCUT2D eigenvalue weighted by Crippen LogP contribution is -2.33. The number of nitrogens with one attached hydrogen (secondary N) is 1. The average molecular weight is 307 g/mol. The van der Waals surface area contributed by atoms with Crippen LogP contribution in [0.3, 0.4) is 0 Å². The Bertz CT molecular complexity index is 598. The highest BCUT2D eigenvalue weighted by Crippen LogP contribution is 2.30. The molecule has 2 aromatic rings. The van der Waals surface area contributed by atoms with Crippen LogP contribution >= 0.6 is 11.3 Å². The number of aliphatic hydroxyl groups is 1. The maximum Gasteiger partial charge on any atom is 0.323 e. The number of carbonyl (C=O) groups excluding carboxylic acids is 1. The second-order valence-electron chi connectivity index (χ2n) is 4.47. The zero-order valence-corrected chi connectivity index (χ0v) is 12.7. The van der Waals surface area contributed by atoms with Crippen LogP contribution in [0.15, 0.2) is 30.5 Å². The van der Waals surface area contributed by atoms with Gasteiger partial charge in [-0.1, -0.05) is 29.0 Å². The van der Waals surface area contributed by atoms with Gasteiger partial charge < -0.3 is 14.7 Å². The van der Waals surface area contributed by atoms with Crippen LogP contribution in [-0.4, -0.2) is 41.2 Å². The van der Waals surface area contributed by atoms with E-state index in [9.17, 15) is 4.79 Å². The fraction of sp³-hybridized carbons (Fsp3) is 0.286. The van der Waals surface area contributed by atoms with E-state index in [-0.39, 0.29) is 19.2 Å². The second-order valence-corrected chi connectivity index (χ2v) is 5.47. The van der Waals surface area contributed by atoms with E-state index in [1.165, 1.54) is 16.2 Å². The molecular weight excluding hydrogens is 290 g/mol. The molecule has 0 aliphatic rings. The number of carbonyl (C=O) groups is 1. The highest BCUT2D eigenvalue weighted by Gasteiger charge is 2.11. The van der Waals surface area contributed by atoms with E-state index in [1.54, 1.807) is 13.2 Å². The molecule has 2 N–H and O–H groups in total. The number of thiazole rings is 1. The summed E-state index contributed by atoms with van der Waals surface area (Å²) in [7, 11) is 1.60. The number of aromatic nitrogens is 1. The van der Waals surface area contributed by atoms with E-state index >= 15 is 0 Å². The molecule has 0 atom stereocenters. The number of hydrogen-bond donors (Lipinski definition) is 2. The maximum absolute atomic E-state index is 11.7. The normalized spacial score (nSPS) is 10.2. The van der Waals surface area contributed by atoms with E-state index in [2.05, 4.69) is 10.3 Å². The smallest absolute Gasteiger partial charge is 0.323 e. The summed E-state index contributed by atoms with van der Waals surface area (Å²) in [5, 5.41) is 12.5. The van der Waals surface area contributed by atoms with Crippen LogP contribution < -0.4 is 10.1 Å². The molecule has 0 unspecified atom stereocenters. The fourth-order valence-corrected chi connectivity index (χ4v) is 2.20. The number of amides is 2. The number of anilines is 1. The van der Waals surface area contributed by atoms with E-state index in [1.807, 2.05) is 31.2 Å². The maximum atomic E-state index is 11.7. The van der Waals surface area contributed by atoms with Crippen LogP contribution in [0.4, 0.5) is 9.93 Å². The van der Waals surface area contributed by atoms with Gasteiger partial charge in [-0.25, -0.2) is 9.78 Å². The van der Waals surface area contributed by atoms with Crippen LogP contribution in [0.2, 0.25) is 0 Å². The van der Waals surface area contributed by atoms with E-state index in [0.29, 0.717) is 10.2 Å². The number of benzene rings is 1. The van der Waals surface area contributed by atoms with Gasteiger partial charge in [-0.15, -0.1) is 0 Å². The summed E-state index contributed by atoms with van der Waals surface area (Å²) in [5.74, 6) is 0.722. The molecule has 21 heavy (non-hydrogen) atoms. The second kappa shape index (κ2) is 7.05. The van der Waals surface area contributed by atoms with Crippen molar-refractivity contribution in [3.8, 4) is 10.8 Å². The molecule has 0 saturated carbocycles. The number of likely N-dealkylation sites (N-methyl/N-ethyl adjacent to an activating group) is 1. The molecule has 0 fully saturated rings. The molecule has 0 aliphatic carbocycles. The van der Waals surface area contributed by atoms with Gasteiger partial charge in [0.15, 0.2) is 5.13 Å². The first-order chi connectivity index (χ1) is 10.1. The minimum atomic E-state index is -0.319. The van der Waals surface area contributed by atoms with Gasteiger partial charge in [0, 0.05) is 13.6 Å². The lowest BCUT2D eigenvalue weighted by Gasteiger charge is -2.14. The van der Waals surface area contributed by atoms with Crippen LogP contribution in [0.1, 0.15) is 5.56 Å². The van der Waals surface area contributed by atoms with Gasteiger partial charge in [-0.2, -0.15) is 0 Å². The van der Waals surface area contributed by atoms with E-state index in [4.69, 9.17) is 9.84 Å². The van der Waals surface area contributed by atoms with Gasteiger partial charge in [0.1, 0.15) is 5.75 Å². The number of rotatable bonds is 5. The number of ether oxygens (including phenoxy) is 1. The first-order valence-corrected chi connectivity index (χ1v) is 7.23. The van der Waals surface area contributed by atoms with Gasteiger partial charge in [-0.3, -0.25) is 5.32 Å². The predicted octanol–water partition coefficient (Wildman–Crippen LogP) is 2.70. The van der Waals surface area contributed by atoms with Gasteiger partial charge >= 0.3 is 6.03 Å². The summed E-state index contributed by atoms with van der Waals surface area (Å²) in [4.78, 5) is 17.2. The Balaban J connectivity index is 1.95. The minimum Gasteiger partial charge on any atom is -0.445 e. The Labute approximate surface area is 127 Å². The summed E-state index contributed by atoms with van der Waals surface area (Å²) in [6.07, 6.45) is 1.56. The van der Waals surface area contributed by atoms with Crippen molar-refractivity contribution in [2.24, 2.45) is 0 Å². The molecule has 0 saturated heterocycles. The van der Waals surface area contributed by atoms with Crippen LogP contribution in [0, 0.1) is 6.92 Å². The molecular formula is C14H17N3O3S. The Kier molecular flexibility index (Phi) is 5.13. The third-order valence-electron chi connectivity index (χ3n) is 2.72. The summed E-state index contributed by atoms with van der Waals surface area (Å²) in [5.41, 5.74) is 1.16. The molecule has 2 rings (SSSR count). The van der Waals surface area contributed by atoms with Crippen LogP contribution in [0.25, 0.3) is 0 Å². The molecule has 0 spiro atoms. The zero-order valence-electron chi connectivity index (χ0n) is 11.9. The van der Waals surface area contributed by atoms with E-state index in [0.717, 1.165) is 11.3 Å². The number of urea groups is 1. The van der Waals surface area contributed by atoms with Crippen molar-refractivity contribution in [2.45, 2.75) is 6.92 Å². The molecule has 112 valence electrons. The topological polar surface area (TPSA) is 74.7 Å². The largest absolute Gasteiger partial charge is 0.445 e. The third kappa shape index (κ3) is 4.44. The Morgan fingerprint density at radius 2 is 2.14 bits per heavy atom. The van der Waals surface area contributed by atoms with Crippen molar-refractivity contribution in [1.29, 1.82) is 0 Å². The SMILES string of the molecule is Cc1ccc(Oc2cnc(NC(=O)N(C)CCO)s2)cc1. The number of aliphatic hydroxyl groups excluding tert-OH is 1. The standard InChI is InChI=1S/C14H17N3O3S/c1-10-3-5-11(6-4-10)20-12-9-15-13(21-12)16-14(19)17(2)7-8-18/h3-6,9,18H,7-8H2,1-2H3,(H,15,16,19). The third-order valence-corrected chi connectivity index (χ3v) is 3.51. The van der Waals surface area contributed by atoms with Crippen molar-refractivity contribution >= 4 is 22.5 Å². The van der Waals surface area contributed by atoms with Crippen molar-refractivity contribution in [3.63, 3.8) is 0 Å². The van der Waals surface area contributed by atoms with Crippen molar-refractivity contribution in [2.75, 3.05) is 25.5 Å². The molecule has 0 bridgehead atoms. The summed E-state index contributed by atoms with van der Waals surface area (Å²) >= 11 is 1.24. The average Bonchev–Trinajstić information content (AvgIpc) is 2.89. The van der Waals surface area contributed by atoms with Crippen LogP contribution in [0.5, 0.6) is 10.8 Å². The Morgan fingerprint density at radius 1 is 1.43 bits per heavy atom.